The van der Waals surface area contributed by atoms with Gasteiger partial charge >= 0.3 is 13.8 Å². The molecule has 0 saturated carbocycles. The zero-order chi connectivity index (χ0) is 29.8. The molecule has 0 bridgehead atoms. The lowest BCUT2D eigenvalue weighted by molar-refractivity contribution is -0.143. The SMILES string of the molecule is COC(=O)[C@H](Cc1ccc(OP(=O)(OCc2ccccc2)OCc2ccccc2)c(C)c1)NCC(=O)c1ccccc1. The summed E-state index contributed by atoms with van der Waals surface area (Å²) in [7, 11) is -2.73. The number of carbonyl (C=O) groups is 2. The summed E-state index contributed by atoms with van der Waals surface area (Å²) in [4.78, 5) is 25.0. The van der Waals surface area contributed by atoms with Crippen molar-refractivity contribution in [1.29, 1.82) is 0 Å². The molecule has 4 aromatic carbocycles. The quantitative estimate of drug-likeness (QED) is 0.0960. The van der Waals surface area contributed by atoms with Crippen molar-refractivity contribution in [3.63, 3.8) is 0 Å². The third-order valence-electron chi connectivity index (χ3n) is 6.44. The van der Waals surface area contributed by atoms with Crippen LogP contribution in [0.2, 0.25) is 0 Å². The maximum atomic E-state index is 13.8. The monoisotopic (exact) mass is 587 g/mol. The lowest BCUT2D eigenvalue weighted by atomic mass is 10.0. The van der Waals surface area contributed by atoms with Crippen LogP contribution < -0.4 is 9.84 Å². The van der Waals surface area contributed by atoms with Gasteiger partial charge in [-0.25, -0.2) is 4.57 Å². The van der Waals surface area contributed by atoms with Crippen LogP contribution in [0.5, 0.6) is 5.75 Å². The summed E-state index contributed by atoms with van der Waals surface area (Å²) in [6, 6.07) is 32.1. The maximum Gasteiger partial charge on any atom is 0.530 e. The Morgan fingerprint density at radius 1 is 0.762 bits per heavy atom. The Morgan fingerprint density at radius 3 is 1.83 bits per heavy atom. The first kappa shape index (κ1) is 30.9. The molecule has 42 heavy (non-hydrogen) atoms. The Hall–Kier alpha value is -4.07. The van der Waals surface area contributed by atoms with Gasteiger partial charge in [-0.05, 0) is 41.7 Å². The van der Waals surface area contributed by atoms with E-state index in [-0.39, 0.29) is 32.0 Å². The molecular weight excluding hydrogens is 553 g/mol. The van der Waals surface area contributed by atoms with Crippen molar-refractivity contribution in [2.24, 2.45) is 0 Å². The molecule has 1 N–H and O–H groups in total. The van der Waals surface area contributed by atoms with E-state index in [1.54, 1.807) is 43.3 Å². The van der Waals surface area contributed by atoms with Gasteiger partial charge in [0.05, 0.1) is 26.9 Å². The molecule has 0 unspecified atom stereocenters. The highest BCUT2D eigenvalue weighted by atomic mass is 31.2. The molecule has 4 rings (SSSR count). The number of phosphoric acid groups is 1. The smallest absolute Gasteiger partial charge is 0.468 e. The average Bonchev–Trinajstić information content (AvgIpc) is 3.03. The molecule has 0 amide bonds. The van der Waals surface area contributed by atoms with Crippen molar-refractivity contribution >= 4 is 19.6 Å². The van der Waals surface area contributed by atoms with Crippen LogP contribution >= 0.6 is 7.82 Å². The summed E-state index contributed by atoms with van der Waals surface area (Å²) in [5, 5.41) is 3.01. The van der Waals surface area contributed by atoms with E-state index in [9.17, 15) is 14.2 Å². The van der Waals surface area contributed by atoms with Crippen LogP contribution in [-0.2, 0) is 42.8 Å². The van der Waals surface area contributed by atoms with Crippen LogP contribution in [0, 0.1) is 6.92 Å². The van der Waals surface area contributed by atoms with E-state index in [0.717, 1.165) is 16.7 Å². The van der Waals surface area contributed by atoms with Gasteiger partial charge in [0.15, 0.2) is 5.78 Å². The number of aryl methyl sites for hydroxylation is 1. The summed E-state index contributed by atoms with van der Waals surface area (Å²) in [5.74, 6) is -0.293. The fourth-order valence-corrected chi connectivity index (χ4v) is 5.41. The van der Waals surface area contributed by atoms with Gasteiger partial charge in [-0.3, -0.25) is 24.0 Å². The number of hydrogen-bond acceptors (Lipinski definition) is 8. The summed E-state index contributed by atoms with van der Waals surface area (Å²) in [6.07, 6.45) is 0.266. The zero-order valence-corrected chi connectivity index (χ0v) is 24.5. The molecule has 9 heteroatoms. The van der Waals surface area contributed by atoms with E-state index < -0.39 is 19.8 Å². The highest BCUT2D eigenvalue weighted by Crippen LogP contribution is 2.51. The minimum absolute atomic E-state index is 0.0232. The predicted octanol–water partition coefficient (Wildman–Crippen LogP) is 6.47. The van der Waals surface area contributed by atoms with Crippen LogP contribution in [0.1, 0.15) is 32.6 Å². The molecule has 0 radical (unpaired) electrons. The normalized spacial score (nSPS) is 12.0. The van der Waals surface area contributed by atoms with Gasteiger partial charge in [-0.2, -0.15) is 0 Å². The highest BCUT2D eigenvalue weighted by molar-refractivity contribution is 7.48. The van der Waals surface area contributed by atoms with E-state index in [0.29, 0.717) is 16.9 Å². The number of ketones is 1. The van der Waals surface area contributed by atoms with Crippen LogP contribution in [-0.4, -0.2) is 31.4 Å². The van der Waals surface area contributed by atoms with Crippen molar-refractivity contribution in [3.05, 3.63) is 137 Å². The van der Waals surface area contributed by atoms with Gasteiger partial charge in [-0.15, -0.1) is 0 Å². The van der Waals surface area contributed by atoms with Gasteiger partial charge < -0.3 is 9.26 Å². The lowest BCUT2D eigenvalue weighted by Gasteiger charge is -2.21. The molecule has 0 aliphatic rings. The topological polar surface area (TPSA) is 100 Å². The first-order valence-corrected chi connectivity index (χ1v) is 15.0. The Bertz CT molecular complexity index is 1450. The summed E-state index contributed by atoms with van der Waals surface area (Å²) in [5.41, 5.74) is 3.66. The molecule has 0 spiro atoms. The Morgan fingerprint density at radius 2 is 1.31 bits per heavy atom. The highest BCUT2D eigenvalue weighted by Gasteiger charge is 2.30. The number of ether oxygens (including phenoxy) is 1. The van der Waals surface area contributed by atoms with E-state index in [4.69, 9.17) is 18.3 Å². The van der Waals surface area contributed by atoms with Crippen LogP contribution in [0.25, 0.3) is 0 Å². The minimum atomic E-state index is -4.04. The standard InChI is InChI=1S/C33H34NO7P/c1-25-20-28(21-30(33(36)38-2)34-22-31(35)29-16-10-5-11-17-29)18-19-32(25)41-42(37,39-23-26-12-6-3-7-13-26)40-24-27-14-8-4-9-15-27/h3-20,30,34H,21-24H2,1-2H3/t30-/m0/s1. The second-order valence-electron chi connectivity index (χ2n) is 9.61. The van der Waals surface area contributed by atoms with Crippen LogP contribution in [0.3, 0.4) is 0 Å². The zero-order valence-electron chi connectivity index (χ0n) is 23.6. The molecule has 0 aliphatic heterocycles. The Balaban J connectivity index is 1.45. The van der Waals surface area contributed by atoms with Crippen molar-refractivity contribution in [2.45, 2.75) is 32.6 Å². The molecule has 0 aliphatic carbocycles. The number of rotatable bonds is 15. The summed E-state index contributed by atoms with van der Waals surface area (Å²) in [6.45, 7) is 1.86. The number of methoxy groups -OCH3 is 1. The predicted molar refractivity (Wildman–Crippen MR) is 160 cm³/mol. The van der Waals surface area contributed by atoms with E-state index in [1.807, 2.05) is 72.8 Å². The van der Waals surface area contributed by atoms with Crippen molar-refractivity contribution in [1.82, 2.24) is 5.32 Å². The molecule has 0 aromatic heterocycles. The largest absolute Gasteiger partial charge is 0.530 e. The van der Waals surface area contributed by atoms with Crippen LogP contribution in [0.4, 0.5) is 0 Å². The molecule has 0 heterocycles. The van der Waals surface area contributed by atoms with Crippen molar-refractivity contribution in [2.75, 3.05) is 13.7 Å². The number of phosphoric ester groups is 1. The third kappa shape index (κ3) is 9.23. The molecule has 0 saturated heterocycles. The summed E-state index contributed by atoms with van der Waals surface area (Å²) >= 11 is 0. The third-order valence-corrected chi connectivity index (χ3v) is 7.76. The van der Waals surface area contributed by atoms with Crippen molar-refractivity contribution in [3.8, 4) is 5.75 Å². The average molecular weight is 588 g/mol. The van der Waals surface area contributed by atoms with E-state index in [2.05, 4.69) is 5.32 Å². The first-order valence-electron chi connectivity index (χ1n) is 13.5. The summed E-state index contributed by atoms with van der Waals surface area (Å²) < 4.78 is 36.1. The molecule has 1 atom stereocenters. The van der Waals surface area contributed by atoms with Crippen LogP contribution in [0.15, 0.2) is 109 Å². The van der Waals surface area contributed by atoms with Gasteiger partial charge in [0.2, 0.25) is 0 Å². The lowest BCUT2D eigenvalue weighted by Crippen LogP contribution is -2.42. The molecule has 8 nitrogen and oxygen atoms in total. The fraction of sp³-hybridized carbons (Fsp3) is 0.212. The fourth-order valence-electron chi connectivity index (χ4n) is 4.17. The first-order chi connectivity index (χ1) is 20.3. The molecule has 218 valence electrons. The molecular formula is C33H34NO7P. The van der Waals surface area contributed by atoms with Gasteiger partial charge in [-0.1, -0.05) is 103 Å². The van der Waals surface area contributed by atoms with E-state index in [1.165, 1.54) is 7.11 Å². The Labute approximate surface area is 246 Å². The Kier molecular flexibility index (Phi) is 11.2. The molecule has 4 aromatic rings. The van der Waals surface area contributed by atoms with Gasteiger partial charge in [0.25, 0.3) is 0 Å². The number of Topliss-reactive ketones (excluding diaryl/α,β-unsaturated/α-hetero) is 1. The second-order valence-corrected chi connectivity index (χ2v) is 11.2. The number of benzene rings is 4. The number of carbonyl (C=O) groups excluding carboxylic acids is 2. The number of hydrogen-bond donors (Lipinski definition) is 1. The number of nitrogens with one attached hydrogen (secondary N) is 1. The minimum Gasteiger partial charge on any atom is -0.468 e. The molecule has 0 fully saturated rings. The van der Waals surface area contributed by atoms with Gasteiger partial charge in [0.1, 0.15) is 11.8 Å². The maximum absolute atomic E-state index is 13.8. The van der Waals surface area contributed by atoms with Crippen molar-refractivity contribution < 1.29 is 32.5 Å². The second kappa shape index (κ2) is 15.2. The van der Waals surface area contributed by atoms with Gasteiger partial charge in [0, 0.05) is 5.56 Å². The van der Waals surface area contributed by atoms with E-state index >= 15 is 0 Å². The number of esters is 1.